The van der Waals surface area contributed by atoms with Crippen LogP contribution in [0.15, 0.2) is 36.0 Å². The van der Waals surface area contributed by atoms with Crippen LogP contribution >= 0.6 is 11.3 Å². The summed E-state index contributed by atoms with van der Waals surface area (Å²) in [6, 6.07) is 8.27. The Hall–Kier alpha value is -1.92. The average molecular weight is 359 g/mol. The lowest BCUT2D eigenvalue weighted by molar-refractivity contribution is 0.0945. The molecule has 0 spiro atoms. The maximum Gasteiger partial charge on any atom is 0.263 e. The van der Waals surface area contributed by atoms with Gasteiger partial charge >= 0.3 is 0 Å². The predicted molar refractivity (Wildman–Crippen MR) is 100 cm³/mol. The number of hydrogen-bond acceptors (Lipinski definition) is 5. The average Bonchev–Trinajstić information content (AvgIpc) is 3.09. The number of hydrogen-bond donors (Lipinski definition) is 1. The minimum atomic E-state index is -0.0449. The van der Waals surface area contributed by atoms with Crippen molar-refractivity contribution in [3.8, 4) is 5.75 Å². The molecule has 5 nitrogen and oxygen atoms in total. The molecular formula is C19H25N3O2S. The van der Waals surface area contributed by atoms with Gasteiger partial charge in [0, 0.05) is 31.7 Å². The maximum atomic E-state index is 12.0. The monoisotopic (exact) mass is 359 g/mol. The number of fused-ring (bicyclic) bond motifs is 1. The fourth-order valence-corrected chi connectivity index (χ4v) is 3.59. The fraction of sp³-hybridized carbons (Fsp3) is 0.474. The Morgan fingerprint density at radius 2 is 2.32 bits per heavy atom. The molecule has 134 valence electrons. The van der Waals surface area contributed by atoms with Crippen LogP contribution in [0.1, 0.15) is 41.4 Å². The molecule has 1 aromatic carbocycles. The third-order valence-electron chi connectivity index (χ3n) is 4.37. The first-order valence-corrected chi connectivity index (χ1v) is 9.78. The maximum absolute atomic E-state index is 12.0. The molecule has 0 saturated carbocycles. The molecule has 6 heteroatoms. The molecule has 3 rings (SSSR count). The number of thiazole rings is 1. The lowest BCUT2D eigenvalue weighted by Gasteiger charge is -2.24. The van der Waals surface area contributed by atoms with E-state index in [-0.39, 0.29) is 12.0 Å². The predicted octanol–water partition coefficient (Wildman–Crippen LogP) is 3.33. The van der Waals surface area contributed by atoms with Crippen LogP contribution < -0.4 is 10.1 Å². The van der Waals surface area contributed by atoms with Gasteiger partial charge in [-0.1, -0.05) is 31.5 Å². The van der Waals surface area contributed by atoms with Gasteiger partial charge in [0.1, 0.15) is 16.7 Å². The molecule has 0 aliphatic carbocycles. The molecule has 1 amide bonds. The third-order valence-corrected chi connectivity index (χ3v) is 5.14. The second-order valence-corrected chi connectivity index (χ2v) is 7.23. The topological polar surface area (TPSA) is 54.5 Å². The summed E-state index contributed by atoms with van der Waals surface area (Å²) in [7, 11) is 0. The highest BCUT2D eigenvalue weighted by molar-refractivity contribution is 7.11. The minimum Gasteiger partial charge on any atom is -0.489 e. The summed E-state index contributed by atoms with van der Waals surface area (Å²) in [5, 5.41) is 2.98. The summed E-state index contributed by atoms with van der Waals surface area (Å²) in [6.45, 7) is 5.39. The van der Waals surface area contributed by atoms with Crippen molar-refractivity contribution in [1.82, 2.24) is 15.2 Å². The Bertz CT molecular complexity index is 675. The molecule has 2 aromatic rings. The van der Waals surface area contributed by atoms with E-state index in [1.165, 1.54) is 29.7 Å². The lowest BCUT2D eigenvalue weighted by Crippen LogP contribution is -2.38. The number of ether oxygens (including phenoxy) is 1. The molecule has 1 N–H and O–H groups in total. The summed E-state index contributed by atoms with van der Waals surface area (Å²) in [4.78, 5) is 19.0. The number of nitrogens with one attached hydrogen (secondary N) is 1. The van der Waals surface area contributed by atoms with Crippen LogP contribution in [0.2, 0.25) is 0 Å². The van der Waals surface area contributed by atoms with Gasteiger partial charge in [0.15, 0.2) is 0 Å². The SMILES string of the molecule is CCCCC1CN(CCNC(=O)c2cncs2)Cc2ccccc2O1. The fourth-order valence-electron chi connectivity index (χ4n) is 3.05. The van der Waals surface area contributed by atoms with E-state index in [1.54, 1.807) is 11.7 Å². The molecule has 0 fully saturated rings. The van der Waals surface area contributed by atoms with Gasteiger partial charge in [-0.3, -0.25) is 14.7 Å². The molecule has 0 saturated heterocycles. The first-order valence-electron chi connectivity index (χ1n) is 8.90. The van der Waals surface area contributed by atoms with Crippen molar-refractivity contribution in [2.24, 2.45) is 0 Å². The number of nitrogens with zero attached hydrogens (tertiary/aromatic N) is 2. The van der Waals surface area contributed by atoms with Crippen molar-refractivity contribution in [1.29, 1.82) is 0 Å². The zero-order valence-electron chi connectivity index (χ0n) is 14.6. The highest BCUT2D eigenvalue weighted by atomic mass is 32.1. The van der Waals surface area contributed by atoms with Crippen molar-refractivity contribution in [3.63, 3.8) is 0 Å². The number of rotatable bonds is 7. The van der Waals surface area contributed by atoms with Gasteiger partial charge in [0.05, 0.1) is 11.7 Å². The second-order valence-electron chi connectivity index (χ2n) is 6.35. The molecule has 1 aliphatic rings. The van der Waals surface area contributed by atoms with E-state index in [1.807, 2.05) is 6.07 Å². The molecule has 25 heavy (non-hydrogen) atoms. The van der Waals surface area contributed by atoms with Crippen LogP contribution in [0.3, 0.4) is 0 Å². The van der Waals surface area contributed by atoms with Crippen molar-refractivity contribution < 1.29 is 9.53 Å². The van der Waals surface area contributed by atoms with Gasteiger partial charge in [-0.2, -0.15) is 0 Å². The van der Waals surface area contributed by atoms with Crippen LogP contribution in [0.5, 0.6) is 5.75 Å². The third kappa shape index (κ3) is 5.03. The van der Waals surface area contributed by atoms with Crippen LogP contribution in [-0.4, -0.2) is 41.5 Å². The van der Waals surface area contributed by atoms with Crippen molar-refractivity contribution in [2.45, 2.75) is 38.8 Å². The molecular weight excluding hydrogens is 334 g/mol. The Balaban J connectivity index is 1.58. The van der Waals surface area contributed by atoms with Gasteiger partial charge in [-0.25, -0.2) is 0 Å². The lowest BCUT2D eigenvalue weighted by atomic mass is 10.1. The molecule has 1 aromatic heterocycles. The van der Waals surface area contributed by atoms with E-state index in [0.29, 0.717) is 11.4 Å². The highest BCUT2D eigenvalue weighted by Crippen LogP contribution is 2.26. The summed E-state index contributed by atoms with van der Waals surface area (Å²) in [6.07, 6.45) is 5.22. The zero-order chi connectivity index (χ0) is 17.5. The van der Waals surface area contributed by atoms with Gasteiger partial charge < -0.3 is 10.1 Å². The van der Waals surface area contributed by atoms with E-state index >= 15 is 0 Å². The molecule has 0 radical (unpaired) electrons. The van der Waals surface area contributed by atoms with Crippen LogP contribution in [0.4, 0.5) is 0 Å². The number of amides is 1. The van der Waals surface area contributed by atoms with Crippen LogP contribution in [0.25, 0.3) is 0 Å². The van der Waals surface area contributed by atoms with E-state index in [4.69, 9.17) is 4.74 Å². The van der Waals surface area contributed by atoms with Gasteiger partial charge in [-0.05, 0) is 18.9 Å². The molecule has 2 heterocycles. The quantitative estimate of drug-likeness (QED) is 0.824. The van der Waals surface area contributed by atoms with Gasteiger partial charge in [0.2, 0.25) is 0 Å². The standard InChI is InChI=1S/C19H25N3O2S/c1-2-3-7-16-13-22(12-15-6-4-5-8-17(15)24-16)10-9-21-19(23)18-11-20-14-25-18/h4-6,8,11,14,16H,2-3,7,9-10,12-13H2,1H3,(H,21,23). The van der Waals surface area contributed by atoms with Crippen molar-refractivity contribution in [3.05, 3.63) is 46.4 Å². The molecule has 0 bridgehead atoms. The smallest absolute Gasteiger partial charge is 0.263 e. The van der Waals surface area contributed by atoms with E-state index < -0.39 is 0 Å². The van der Waals surface area contributed by atoms with Crippen LogP contribution in [0, 0.1) is 0 Å². The summed E-state index contributed by atoms with van der Waals surface area (Å²) < 4.78 is 6.24. The number of carbonyl (C=O) groups is 1. The van der Waals surface area contributed by atoms with Gasteiger partial charge in [0.25, 0.3) is 5.91 Å². The Morgan fingerprint density at radius 1 is 1.44 bits per heavy atom. The number of unbranched alkanes of at least 4 members (excludes halogenated alkanes) is 1. The van der Waals surface area contributed by atoms with Crippen molar-refractivity contribution in [2.75, 3.05) is 19.6 Å². The number of para-hydroxylation sites is 1. The van der Waals surface area contributed by atoms with E-state index in [9.17, 15) is 4.79 Å². The van der Waals surface area contributed by atoms with E-state index in [0.717, 1.165) is 31.8 Å². The van der Waals surface area contributed by atoms with Gasteiger partial charge in [-0.15, -0.1) is 11.3 Å². The number of carbonyl (C=O) groups excluding carboxylic acids is 1. The summed E-state index contributed by atoms with van der Waals surface area (Å²) in [5.41, 5.74) is 2.89. The van der Waals surface area contributed by atoms with Crippen molar-refractivity contribution >= 4 is 17.2 Å². The van der Waals surface area contributed by atoms with E-state index in [2.05, 4.69) is 40.3 Å². The summed E-state index contributed by atoms with van der Waals surface area (Å²) in [5.74, 6) is 0.955. The second kappa shape index (κ2) is 8.97. The molecule has 1 atom stereocenters. The molecule has 1 aliphatic heterocycles. The minimum absolute atomic E-state index is 0.0449. The first-order chi connectivity index (χ1) is 12.3. The van der Waals surface area contributed by atoms with Crippen LogP contribution in [-0.2, 0) is 6.54 Å². The highest BCUT2D eigenvalue weighted by Gasteiger charge is 2.22. The Morgan fingerprint density at radius 3 is 3.12 bits per heavy atom. The molecule has 1 unspecified atom stereocenters. The summed E-state index contributed by atoms with van der Waals surface area (Å²) >= 11 is 1.36. The largest absolute Gasteiger partial charge is 0.489 e. The number of aromatic nitrogens is 1. The Labute approximate surface area is 153 Å². The normalized spacial score (nSPS) is 17.4. The first kappa shape index (κ1) is 17.9. The number of benzene rings is 1. The zero-order valence-corrected chi connectivity index (χ0v) is 15.4. The Kier molecular flexibility index (Phi) is 6.42.